The summed E-state index contributed by atoms with van der Waals surface area (Å²) in [7, 11) is 0. The van der Waals surface area contributed by atoms with Crippen molar-refractivity contribution in [1.82, 2.24) is 20.6 Å². The number of rotatable bonds is 8. The summed E-state index contributed by atoms with van der Waals surface area (Å²) in [4.78, 5) is 22.9. The van der Waals surface area contributed by atoms with Crippen molar-refractivity contribution in [2.24, 2.45) is 5.73 Å². The summed E-state index contributed by atoms with van der Waals surface area (Å²) in [6.45, 7) is 2.08. The number of hydrogen-bond acceptors (Lipinski definition) is 7. The van der Waals surface area contributed by atoms with Crippen LogP contribution in [0.5, 0.6) is 0 Å². The van der Waals surface area contributed by atoms with Gasteiger partial charge in [-0.25, -0.2) is 9.59 Å². The third kappa shape index (κ3) is 3.98. The lowest BCUT2D eigenvalue weighted by molar-refractivity contribution is -0.161. The van der Waals surface area contributed by atoms with Crippen LogP contribution in [0.15, 0.2) is 0 Å². The highest BCUT2D eigenvalue weighted by Crippen LogP contribution is 2.13. The molecule has 0 fully saturated rings. The third-order valence-electron chi connectivity index (χ3n) is 2.61. The number of aliphatic carboxylic acids is 1. The highest BCUT2D eigenvalue weighted by molar-refractivity contribution is 6.03. The fourth-order valence-electron chi connectivity index (χ4n) is 1.33. The SMILES string of the molecule is CCCCOC(=O)C(N)(CCc1nn[nH]n1)C(=O)O. The molecule has 0 bridgehead atoms. The van der Waals surface area contributed by atoms with Crippen molar-refractivity contribution in [3.8, 4) is 0 Å². The highest BCUT2D eigenvalue weighted by atomic mass is 16.5. The predicted octanol–water partition coefficient (Wildman–Crippen LogP) is -0.742. The predicted molar refractivity (Wildman–Crippen MR) is 62.9 cm³/mol. The minimum atomic E-state index is -2.09. The van der Waals surface area contributed by atoms with Gasteiger partial charge < -0.3 is 15.6 Å². The Morgan fingerprint density at radius 3 is 2.79 bits per heavy atom. The molecule has 0 aliphatic heterocycles. The van der Waals surface area contributed by atoms with Crippen molar-refractivity contribution in [2.75, 3.05) is 6.61 Å². The Balaban J connectivity index is 2.62. The van der Waals surface area contributed by atoms with Crippen LogP contribution in [-0.4, -0.2) is 49.8 Å². The first-order valence-corrected chi connectivity index (χ1v) is 5.92. The molecule has 1 rings (SSSR count). The summed E-state index contributed by atoms with van der Waals surface area (Å²) in [5.74, 6) is -2.09. The second-order valence-corrected chi connectivity index (χ2v) is 4.09. The first-order chi connectivity index (χ1) is 9.00. The van der Waals surface area contributed by atoms with Crippen molar-refractivity contribution in [2.45, 2.75) is 38.1 Å². The topological polar surface area (TPSA) is 144 Å². The van der Waals surface area contributed by atoms with E-state index < -0.39 is 17.5 Å². The van der Waals surface area contributed by atoms with E-state index in [9.17, 15) is 9.59 Å². The van der Waals surface area contributed by atoms with Crippen LogP contribution in [-0.2, 0) is 20.7 Å². The number of carbonyl (C=O) groups is 2. The number of tetrazole rings is 1. The smallest absolute Gasteiger partial charge is 0.337 e. The zero-order valence-electron chi connectivity index (χ0n) is 10.6. The highest BCUT2D eigenvalue weighted by Gasteiger charge is 2.43. The number of ether oxygens (including phenoxy) is 1. The molecule has 106 valence electrons. The molecule has 19 heavy (non-hydrogen) atoms. The molecule has 9 nitrogen and oxygen atoms in total. The van der Waals surface area contributed by atoms with Crippen LogP contribution in [0.3, 0.4) is 0 Å². The summed E-state index contributed by atoms with van der Waals surface area (Å²) in [5.41, 5.74) is 3.53. The molecule has 1 unspecified atom stereocenters. The Bertz CT molecular complexity index is 422. The number of aromatic amines is 1. The maximum atomic E-state index is 11.7. The minimum absolute atomic E-state index is 0.113. The van der Waals surface area contributed by atoms with E-state index in [1.807, 2.05) is 6.92 Å². The van der Waals surface area contributed by atoms with Gasteiger partial charge in [0.1, 0.15) is 0 Å². The number of nitrogens with one attached hydrogen (secondary N) is 1. The molecular weight excluding hydrogens is 254 g/mol. The van der Waals surface area contributed by atoms with E-state index in [0.717, 1.165) is 6.42 Å². The molecule has 1 aromatic rings. The van der Waals surface area contributed by atoms with Gasteiger partial charge in [0.25, 0.3) is 0 Å². The van der Waals surface area contributed by atoms with Crippen LogP contribution in [0.2, 0.25) is 0 Å². The van der Waals surface area contributed by atoms with Gasteiger partial charge in [-0.15, -0.1) is 10.2 Å². The lowest BCUT2D eigenvalue weighted by Crippen LogP contribution is -2.56. The standard InChI is InChI=1S/C10H17N5O4/c1-2-3-6-19-9(18)10(11,8(16)17)5-4-7-12-14-15-13-7/h2-6,11H2,1H3,(H,16,17)(H,12,13,14,15). The van der Waals surface area contributed by atoms with E-state index in [2.05, 4.69) is 20.6 Å². The number of esters is 1. The monoisotopic (exact) mass is 271 g/mol. The number of nitrogens with zero attached hydrogens (tertiary/aromatic N) is 3. The molecule has 0 radical (unpaired) electrons. The van der Waals surface area contributed by atoms with E-state index in [-0.39, 0.29) is 25.3 Å². The van der Waals surface area contributed by atoms with Crippen LogP contribution < -0.4 is 5.73 Å². The van der Waals surface area contributed by atoms with Crippen molar-refractivity contribution in [3.63, 3.8) is 0 Å². The van der Waals surface area contributed by atoms with Crippen molar-refractivity contribution < 1.29 is 19.4 Å². The molecule has 0 saturated carbocycles. The molecule has 1 aromatic heterocycles. The number of H-pyrrole nitrogens is 1. The Morgan fingerprint density at radius 1 is 1.53 bits per heavy atom. The number of carbonyl (C=O) groups excluding carboxylic acids is 1. The molecule has 1 atom stereocenters. The van der Waals surface area contributed by atoms with Gasteiger partial charge in [0, 0.05) is 6.42 Å². The minimum Gasteiger partial charge on any atom is -0.479 e. The van der Waals surface area contributed by atoms with E-state index in [0.29, 0.717) is 6.42 Å². The number of hydrogen-bond donors (Lipinski definition) is 3. The zero-order valence-corrected chi connectivity index (χ0v) is 10.6. The first kappa shape index (κ1) is 15.0. The van der Waals surface area contributed by atoms with Crippen LogP contribution in [0.1, 0.15) is 32.0 Å². The van der Waals surface area contributed by atoms with E-state index in [1.54, 1.807) is 0 Å². The number of aromatic nitrogens is 4. The van der Waals surface area contributed by atoms with Crippen LogP contribution in [0.4, 0.5) is 0 Å². The average molecular weight is 271 g/mol. The molecule has 1 heterocycles. The quantitative estimate of drug-likeness (QED) is 0.318. The fourth-order valence-corrected chi connectivity index (χ4v) is 1.33. The molecule has 0 amide bonds. The molecule has 0 saturated heterocycles. The number of unbranched alkanes of at least 4 members (excludes halogenated alkanes) is 1. The number of carboxylic acid groups (broad SMARTS) is 1. The number of aryl methyl sites for hydroxylation is 1. The lowest BCUT2D eigenvalue weighted by atomic mass is 9.94. The molecule has 0 aliphatic carbocycles. The van der Waals surface area contributed by atoms with Crippen molar-refractivity contribution >= 4 is 11.9 Å². The second kappa shape index (κ2) is 6.78. The van der Waals surface area contributed by atoms with Gasteiger partial charge in [-0.3, -0.25) is 0 Å². The number of carboxylic acids is 1. The summed E-state index contributed by atoms with van der Waals surface area (Å²) in [6, 6.07) is 0. The van der Waals surface area contributed by atoms with Crippen molar-refractivity contribution in [1.29, 1.82) is 0 Å². The first-order valence-electron chi connectivity index (χ1n) is 5.92. The van der Waals surface area contributed by atoms with Gasteiger partial charge >= 0.3 is 11.9 Å². The summed E-state index contributed by atoms with van der Waals surface area (Å²) >= 11 is 0. The average Bonchev–Trinajstić information content (AvgIpc) is 2.89. The van der Waals surface area contributed by atoms with Crippen LogP contribution in [0, 0.1) is 0 Å². The molecule has 4 N–H and O–H groups in total. The second-order valence-electron chi connectivity index (χ2n) is 4.09. The van der Waals surface area contributed by atoms with Crippen molar-refractivity contribution in [3.05, 3.63) is 5.82 Å². The fraction of sp³-hybridized carbons (Fsp3) is 0.700. The van der Waals surface area contributed by atoms with Gasteiger partial charge in [0.2, 0.25) is 5.54 Å². The Labute approximate surface area is 109 Å². The summed E-state index contributed by atoms with van der Waals surface area (Å²) in [5, 5.41) is 22.0. The van der Waals surface area contributed by atoms with Gasteiger partial charge in [-0.1, -0.05) is 18.6 Å². The molecule has 0 aliphatic rings. The van der Waals surface area contributed by atoms with Gasteiger partial charge in [0.05, 0.1) is 6.61 Å². The number of nitrogens with two attached hydrogens (primary N) is 1. The maximum absolute atomic E-state index is 11.7. The van der Waals surface area contributed by atoms with Crippen LogP contribution >= 0.6 is 0 Å². The van der Waals surface area contributed by atoms with Gasteiger partial charge in [-0.2, -0.15) is 5.21 Å². The van der Waals surface area contributed by atoms with E-state index >= 15 is 0 Å². The third-order valence-corrected chi connectivity index (χ3v) is 2.61. The Hall–Kier alpha value is -2.03. The summed E-state index contributed by atoms with van der Waals surface area (Å²) in [6.07, 6.45) is 1.45. The van der Waals surface area contributed by atoms with Gasteiger partial charge in [-0.05, 0) is 12.8 Å². The normalized spacial score (nSPS) is 13.8. The Morgan fingerprint density at radius 2 is 2.26 bits per heavy atom. The van der Waals surface area contributed by atoms with E-state index in [1.165, 1.54) is 0 Å². The summed E-state index contributed by atoms with van der Waals surface area (Å²) < 4.78 is 4.87. The molecule has 0 aromatic carbocycles. The molecule has 0 spiro atoms. The maximum Gasteiger partial charge on any atom is 0.337 e. The lowest BCUT2D eigenvalue weighted by Gasteiger charge is -2.21. The largest absolute Gasteiger partial charge is 0.479 e. The molecular formula is C10H17N5O4. The Kier molecular flexibility index (Phi) is 5.37. The van der Waals surface area contributed by atoms with Crippen LogP contribution in [0.25, 0.3) is 0 Å². The zero-order chi connectivity index (χ0) is 14.3. The van der Waals surface area contributed by atoms with Gasteiger partial charge in [0.15, 0.2) is 5.82 Å². The van der Waals surface area contributed by atoms with E-state index in [4.69, 9.17) is 15.6 Å². The molecule has 9 heteroatoms.